The predicted octanol–water partition coefficient (Wildman–Crippen LogP) is 2.20. The highest BCUT2D eigenvalue weighted by Crippen LogP contribution is 2.27. The van der Waals surface area contributed by atoms with Crippen LogP contribution in [-0.2, 0) is 9.59 Å². The fourth-order valence-electron chi connectivity index (χ4n) is 2.25. The summed E-state index contributed by atoms with van der Waals surface area (Å²) in [6.07, 6.45) is 0.117. The molecule has 1 aliphatic heterocycles. The van der Waals surface area contributed by atoms with Crippen molar-refractivity contribution in [3.8, 4) is 5.75 Å². The van der Waals surface area contributed by atoms with E-state index in [0.29, 0.717) is 5.75 Å². The number of methoxy groups -OCH3 is 1. The van der Waals surface area contributed by atoms with Gasteiger partial charge in [0.05, 0.1) is 13.7 Å². The van der Waals surface area contributed by atoms with Crippen molar-refractivity contribution in [2.24, 2.45) is 0 Å². The number of carbonyl (C=O) groups excluding carboxylic acids is 1. The number of alkyl halides is 1. The summed E-state index contributed by atoms with van der Waals surface area (Å²) in [6.45, 7) is -0.191. The first kappa shape index (κ1) is 16.6. The van der Waals surface area contributed by atoms with Crippen LogP contribution in [0.15, 0.2) is 29.2 Å². The van der Waals surface area contributed by atoms with Gasteiger partial charge in [0, 0.05) is 30.0 Å². The highest BCUT2D eigenvalue weighted by Gasteiger charge is 2.46. The maximum atomic E-state index is 13.9. The monoisotopic (exact) mass is 327 g/mol. The summed E-state index contributed by atoms with van der Waals surface area (Å²) >= 11 is 1.52. The highest BCUT2D eigenvalue weighted by molar-refractivity contribution is 7.99. The average molecular weight is 327 g/mol. The SMILES string of the molecule is COc1ccc(SCCC(=O)N2CCC(F)(C(=O)O)C2)cc1. The molecule has 1 fully saturated rings. The number of halogens is 1. The van der Waals surface area contributed by atoms with Crippen molar-refractivity contribution in [1.82, 2.24) is 4.90 Å². The molecule has 1 N–H and O–H groups in total. The second kappa shape index (κ2) is 7.00. The summed E-state index contributed by atoms with van der Waals surface area (Å²) in [4.78, 5) is 25.1. The van der Waals surface area contributed by atoms with Crippen LogP contribution in [0.25, 0.3) is 0 Å². The Bertz CT molecular complexity index is 551. The molecule has 1 unspecified atom stereocenters. The molecule has 1 atom stereocenters. The number of benzene rings is 1. The maximum Gasteiger partial charge on any atom is 0.343 e. The summed E-state index contributed by atoms with van der Waals surface area (Å²) < 4.78 is 19.0. The molecule has 120 valence electrons. The normalized spacial score (nSPS) is 20.9. The highest BCUT2D eigenvalue weighted by atomic mass is 32.2. The summed E-state index contributed by atoms with van der Waals surface area (Å²) in [5, 5.41) is 8.81. The lowest BCUT2D eigenvalue weighted by atomic mass is 10.1. The lowest BCUT2D eigenvalue weighted by Crippen LogP contribution is -2.39. The van der Waals surface area contributed by atoms with E-state index in [4.69, 9.17) is 9.84 Å². The molecule has 0 saturated carbocycles. The molecular weight excluding hydrogens is 309 g/mol. The van der Waals surface area contributed by atoms with Gasteiger partial charge in [0.25, 0.3) is 0 Å². The summed E-state index contributed by atoms with van der Waals surface area (Å²) in [6, 6.07) is 7.49. The van der Waals surface area contributed by atoms with Gasteiger partial charge in [-0.05, 0) is 24.3 Å². The smallest absolute Gasteiger partial charge is 0.343 e. The van der Waals surface area contributed by atoms with E-state index in [9.17, 15) is 14.0 Å². The number of nitrogens with zero attached hydrogens (tertiary/aromatic N) is 1. The molecule has 1 aromatic carbocycles. The molecule has 0 aromatic heterocycles. The Balaban J connectivity index is 1.77. The Morgan fingerprint density at radius 2 is 2.09 bits per heavy atom. The Morgan fingerprint density at radius 3 is 2.64 bits per heavy atom. The van der Waals surface area contributed by atoms with Gasteiger partial charge < -0.3 is 14.7 Å². The third-order valence-electron chi connectivity index (χ3n) is 3.60. The van der Waals surface area contributed by atoms with Crippen LogP contribution in [-0.4, -0.2) is 53.5 Å². The quantitative estimate of drug-likeness (QED) is 0.812. The van der Waals surface area contributed by atoms with E-state index in [1.54, 1.807) is 7.11 Å². The molecule has 0 aliphatic carbocycles. The molecule has 5 nitrogen and oxygen atoms in total. The van der Waals surface area contributed by atoms with Crippen LogP contribution in [0, 0.1) is 0 Å². The van der Waals surface area contributed by atoms with E-state index in [2.05, 4.69) is 0 Å². The van der Waals surface area contributed by atoms with Crippen molar-refractivity contribution in [3.05, 3.63) is 24.3 Å². The minimum atomic E-state index is -2.29. The minimum Gasteiger partial charge on any atom is -0.497 e. The van der Waals surface area contributed by atoms with Gasteiger partial charge in [0.1, 0.15) is 5.75 Å². The van der Waals surface area contributed by atoms with Crippen LogP contribution in [0.5, 0.6) is 5.75 Å². The number of likely N-dealkylation sites (tertiary alicyclic amines) is 1. The summed E-state index contributed by atoms with van der Waals surface area (Å²) in [5.41, 5.74) is -2.29. The second-order valence-corrected chi connectivity index (χ2v) is 6.28. The van der Waals surface area contributed by atoms with Crippen LogP contribution < -0.4 is 4.74 Å². The van der Waals surface area contributed by atoms with Crippen molar-refractivity contribution in [3.63, 3.8) is 0 Å². The molecule has 1 aliphatic rings. The van der Waals surface area contributed by atoms with Gasteiger partial charge in [-0.2, -0.15) is 0 Å². The minimum absolute atomic E-state index is 0.139. The molecule has 2 rings (SSSR count). The first-order valence-corrected chi connectivity index (χ1v) is 7.90. The molecule has 1 heterocycles. The number of carboxylic acids is 1. The number of hydrogen-bond donors (Lipinski definition) is 1. The largest absolute Gasteiger partial charge is 0.497 e. The lowest BCUT2D eigenvalue weighted by molar-refractivity contribution is -0.150. The van der Waals surface area contributed by atoms with E-state index in [1.165, 1.54) is 16.7 Å². The van der Waals surface area contributed by atoms with Gasteiger partial charge in [-0.15, -0.1) is 11.8 Å². The van der Waals surface area contributed by atoms with Crippen molar-refractivity contribution in [1.29, 1.82) is 0 Å². The van der Waals surface area contributed by atoms with E-state index >= 15 is 0 Å². The Kier molecular flexibility index (Phi) is 5.28. The maximum absolute atomic E-state index is 13.9. The van der Waals surface area contributed by atoms with Crippen LogP contribution >= 0.6 is 11.8 Å². The number of carboxylic acid groups (broad SMARTS) is 1. The van der Waals surface area contributed by atoms with Gasteiger partial charge in [0.15, 0.2) is 0 Å². The fraction of sp³-hybridized carbons (Fsp3) is 0.467. The molecule has 1 amide bonds. The van der Waals surface area contributed by atoms with Crippen LogP contribution in [0.2, 0.25) is 0 Å². The number of thioether (sulfide) groups is 1. The zero-order valence-electron chi connectivity index (χ0n) is 12.3. The van der Waals surface area contributed by atoms with Crippen LogP contribution in [0.3, 0.4) is 0 Å². The summed E-state index contributed by atoms with van der Waals surface area (Å²) in [7, 11) is 1.60. The van der Waals surface area contributed by atoms with E-state index in [-0.39, 0.29) is 31.8 Å². The van der Waals surface area contributed by atoms with E-state index < -0.39 is 11.6 Å². The lowest BCUT2D eigenvalue weighted by Gasteiger charge is -2.17. The first-order valence-electron chi connectivity index (χ1n) is 6.91. The Labute approximate surface area is 132 Å². The molecule has 0 bridgehead atoms. The second-order valence-electron chi connectivity index (χ2n) is 5.11. The van der Waals surface area contributed by atoms with Gasteiger partial charge in [0.2, 0.25) is 11.6 Å². The average Bonchev–Trinajstić information content (AvgIpc) is 2.92. The molecule has 1 saturated heterocycles. The Morgan fingerprint density at radius 1 is 1.41 bits per heavy atom. The molecule has 22 heavy (non-hydrogen) atoms. The third kappa shape index (κ3) is 3.91. The number of rotatable bonds is 6. The molecule has 1 aromatic rings. The number of aliphatic carboxylic acids is 1. The number of amides is 1. The van der Waals surface area contributed by atoms with E-state index in [0.717, 1.165) is 10.6 Å². The fourth-order valence-corrected chi connectivity index (χ4v) is 3.09. The van der Waals surface area contributed by atoms with Crippen LogP contribution in [0.4, 0.5) is 4.39 Å². The topological polar surface area (TPSA) is 66.8 Å². The zero-order valence-corrected chi connectivity index (χ0v) is 13.1. The van der Waals surface area contributed by atoms with Crippen molar-refractivity contribution in [2.75, 3.05) is 26.0 Å². The van der Waals surface area contributed by atoms with Crippen molar-refractivity contribution >= 4 is 23.6 Å². The van der Waals surface area contributed by atoms with Gasteiger partial charge >= 0.3 is 5.97 Å². The molecule has 0 radical (unpaired) electrons. The molecule has 7 heteroatoms. The summed E-state index contributed by atoms with van der Waals surface area (Å²) in [5.74, 6) is -0.365. The molecule has 0 spiro atoms. The van der Waals surface area contributed by atoms with Gasteiger partial charge in [-0.1, -0.05) is 0 Å². The molecular formula is C15H18FNO4S. The number of hydrogen-bond acceptors (Lipinski definition) is 4. The van der Waals surface area contributed by atoms with Crippen molar-refractivity contribution in [2.45, 2.75) is 23.4 Å². The third-order valence-corrected chi connectivity index (χ3v) is 4.61. The number of carbonyl (C=O) groups is 2. The van der Waals surface area contributed by atoms with Crippen molar-refractivity contribution < 1.29 is 23.8 Å². The Hall–Kier alpha value is -1.76. The van der Waals surface area contributed by atoms with Gasteiger partial charge in [-0.25, -0.2) is 9.18 Å². The van der Waals surface area contributed by atoms with Crippen LogP contribution in [0.1, 0.15) is 12.8 Å². The number of ether oxygens (including phenoxy) is 1. The van der Waals surface area contributed by atoms with E-state index in [1.807, 2.05) is 24.3 Å². The predicted molar refractivity (Wildman–Crippen MR) is 81.0 cm³/mol. The first-order chi connectivity index (χ1) is 10.4. The zero-order chi connectivity index (χ0) is 16.2. The van der Waals surface area contributed by atoms with Gasteiger partial charge in [-0.3, -0.25) is 4.79 Å². The standard InChI is InChI=1S/C15H18FNO4S/c1-21-11-2-4-12(5-3-11)22-9-6-13(18)17-8-7-15(16,10-17)14(19)20/h2-5H,6-10H2,1H3,(H,19,20).